The van der Waals surface area contributed by atoms with E-state index in [1.54, 1.807) is 17.2 Å². The Labute approximate surface area is 243 Å². The fraction of sp³-hybridized carbons (Fsp3) is 0.353. The number of amides is 2. The maximum atomic E-state index is 14.0. The molecule has 6 nitrogen and oxygen atoms in total. The van der Waals surface area contributed by atoms with Crippen LogP contribution < -0.4 is 10.2 Å². The normalized spacial score (nSPS) is 16.6. The molecule has 2 aliphatic rings. The van der Waals surface area contributed by atoms with Crippen molar-refractivity contribution in [1.82, 2.24) is 19.8 Å². The summed E-state index contributed by atoms with van der Waals surface area (Å²) >= 11 is 0. The standard InChI is InChI=1S/C32H36FN5O.C2H6/c1-5-24(29(33)7-3)16-22-8-10-23(11-9-22)19-37-20-26-13-12-25(17-27(26)21-37)31-34-18-30(36(31)4)38-15-14-28(6-2)35-32(38)39;1-2/h5-6,8-13,17-18H,1,7,14-16,19-21H2,2-4H3,(H,35,39);1-2H3/b28-6?,29-24-;. The number of aromatic nitrogens is 2. The minimum atomic E-state index is -0.118. The zero-order valence-electron chi connectivity index (χ0n) is 25.0. The van der Waals surface area contributed by atoms with Gasteiger partial charge in [-0.25, -0.2) is 14.2 Å². The average Bonchev–Trinajstić information content (AvgIpc) is 3.59. The van der Waals surface area contributed by atoms with Crippen LogP contribution in [0, 0.1) is 0 Å². The van der Waals surface area contributed by atoms with E-state index in [1.165, 1.54) is 16.7 Å². The van der Waals surface area contributed by atoms with Crippen molar-refractivity contribution in [2.75, 3.05) is 11.4 Å². The van der Waals surface area contributed by atoms with Crippen LogP contribution in [-0.2, 0) is 33.1 Å². The number of hydrogen-bond donors (Lipinski definition) is 1. The van der Waals surface area contributed by atoms with E-state index in [0.29, 0.717) is 25.0 Å². The van der Waals surface area contributed by atoms with E-state index >= 15 is 0 Å². The van der Waals surface area contributed by atoms with Crippen molar-refractivity contribution in [1.29, 1.82) is 0 Å². The molecule has 216 valence electrons. The second kappa shape index (κ2) is 13.6. The van der Waals surface area contributed by atoms with Gasteiger partial charge in [-0.3, -0.25) is 9.80 Å². The summed E-state index contributed by atoms with van der Waals surface area (Å²) in [4.78, 5) is 21.5. The molecule has 0 unspecified atom stereocenters. The van der Waals surface area contributed by atoms with Crippen molar-refractivity contribution < 1.29 is 9.18 Å². The van der Waals surface area contributed by atoms with Crippen LogP contribution in [0.1, 0.15) is 62.8 Å². The molecule has 7 heteroatoms. The molecule has 3 heterocycles. The molecular formula is C34H42FN5O. The van der Waals surface area contributed by atoms with Crippen molar-refractivity contribution >= 4 is 11.8 Å². The highest BCUT2D eigenvalue weighted by Crippen LogP contribution is 2.31. The van der Waals surface area contributed by atoms with E-state index in [4.69, 9.17) is 0 Å². The van der Waals surface area contributed by atoms with Crippen LogP contribution in [0.15, 0.2) is 84.5 Å². The number of carbonyl (C=O) groups excluding carboxylic acids is 1. The fourth-order valence-electron chi connectivity index (χ4n) is 5.42. The number of imidazole rings is 1. The predicted octanol–water partition coefficient (Wildman–Crippen LogP) is 7.81. The van der Waals surface area contributed by atoms with Crippen LogP contribution in [0.2, 0.25) is 0 Å². The number of nitrogens with one attached hydrogen (secondary N) is 1. The first-order chi connectivity index (χ1) is 19.9. The molecule has 3 aromatic rings. The van der Waals surface area contributed by atoms with Gasteiger partial charge in [0.05, 0.1) is 6.20 Å². The Morgan fingerprint density at radius 1 is 1.10 bits per heavy atom. The van der Waals surface area contributed by atoms with Crippen LogP contribution >= 0.6 is 0 Å². The topological polar surface area (TPSA) is 53.4 Å². The summed E-state index contributed by atoms with van der Waals surface area (Å²) in [5.41, 5.74) is 7.63. The summed E-state index contributed by atoms with van der Waals surface area (Å²) < 4.78 is 16.0. The Balaban J connectivity index is 0.00000189. The summed E-state index contributed by atoms with van der Waals surface area (Å²) in [6.45, 7) is 14.8. The molecule has 0 atom stereocenters. The van der Waals surface area contributed by atoms with Crippen molar-refractivity contribution in [2.45, 2.75) is 66.6 Å². The number of benzene rings is 2. The van der Waals surface area contributed by atoms with Crippen LogP contribution in [0.25, 0.3) is 11.4 Å². The van der Waals surface area contributed by atoms with Gasteiger partial charge in [0.25, 0.3) is 0 Å². The van der Waals surface area contributed by atoms with Gasteiger partial charge >= 0.3 is 6.03 Å². The third-order valence-electron chi connectivity index (χ3n) is 7.69. The Morgan fingerprint density at radius 2 is 1.80 bits per heavy atom. The zero-order valence-corrected chi connectivity index (χ0v) is 25.0. The minimum Gasteiger partial charge on any atom is -0.314 e. The average molecular weight is 556 g/mol. The number of rotatable bonds is 8. The molecule has 1 N–H and O–H groups in total. The van der Waals surface area contributed by atoms with Crippen molar-refractivity contribution in [3.05, 3.63) is 107 Å². The maximum absolute atomic E-state index is 14.0. The van der Waals surface area contributed by atoms with Crippen LogP contribution in [0.3, 0.4) is 0 Å². The molecule has 1 aromatic heterocycles. The van der Waals surface area contributed by atoms with E-state index in [2.05, 4.69) is 64.2 Å². The molecular weight excluding hydrogens is 513 g/mol. The number of urea groups is 1. The molecule has 0 spiro atoms. The third-order valence-corrected chi connectivity index (χ3v) is 7.69. The van der Waals surface area contributed by atoms with E-state index in [1.807, 2.05) is 45.4 Å². The van der Waals surface area contributed by atoms with Gasteiger partial charge in [-0.15, -0.1) is 0 Å². The highest BCUT2D eigenvalue weighted by atomic mass is 19.1. The number of carbonyl (C=O) groups is 1. The van der Waals surface area contributed by atoms with Crippen LogP contribution in [0.4, 0.5) is 15.0 Å². The number of hydrogen-bond acceptors (Lipinski definition) is 3. The lowest BCUT2D eigenvalue weighted by atomic mass is 10.0. The SMILES string of the molecule is C=C/C(Cc1ccc(CN2Cc3ccc(-c4ncc(N5CCC(=CC)NC5=O)n4C)cc3C2)cc1)=C(/F)CC.CC. The monoisotopic (exact) mass is 555 g/mol. The van der Waals surface area contributed by atoms with Gasteiger partial charge in [0.1, 0.15) is 17.5 Å². The molecule has 2 amide bonds. The molecule has 2 aliphatic heterocycles. The minimum absolute atomic E-state index is 0.0926. The molecule has 0 saturated carbocycles. The van der Waals surface area contributed by atoms with Gasteiger partial charge in [-0.05, 0) is 53.7 Å². The Bertz CT molecular complexity index is 1450. The molecule has 2 aromatic carbocycles. The second-order valence-electron chi connectivity index (χ2n) is 10.3. The molecule has 0 radical (unpaired) electrons. The van der Waals surface area contributed by atoms with Crippen LogP contribution in [-0.4, -0.2) is 27.0 Å². The van der Waals surface area contributed by atoms with Gasteiger partial charge < -0.3 is 9.88 Å². The third kappa shape index (κ3) is 6.68. The first kappa shape index (κ1) is 30.0. The first-order valence-electron chi connectivity index (χ1n) is 14.6. The number of fused-ring (bicyclic) bond motifs is 1. The fourth-order valence-corrected chi connectivity index (χ4v) is 5.42. The van der Waals surface area contributed by atoms with E-state index < -0.39 is 0 Å². The highest BCUT2D eigenvalue weighted by Gasteiger charge is 2.26. The first-order valence-corrected chi connectivity index (χ1v) is 14.6. The highest BCUT2D eigenvalue weighted by molar-refractivity contribution is 5.93. The summed E-state index contributed by atoms with van der Waals surface area (Å²) in [7, 11) is 1.96. The Hall–Kier alpha value is -3.97. The van der Waals surface area contributed by atoms with Crippen molar-refractivity contribution in [3.8, 4) is 11.4 Å². The second-order valence-corrected chi connectivity index (χ2v) is 10.3. The van der Waals surface area contributed by atoms with Crippen molar-refractivity contribution in [2.24, 2.45) is 7.05 Å². The predicted molar refractivity (Wildman–Crippen MR) is 166 cm³/mol. The van der Waals surface area contributed by atoms with Gasteiger partial charge in [0, 0.05) is 50.9 Å². The Morgan fingerprint density at radius 3 is 2.46 bits per heavy atom. The summed E-state index contributed by atoms with van der Waals surface area (Å²) in [5.74, 6) is 1.54. The number of nitrogens with zero attached hydrogens (tertiary/aromatic N) is 4. The summed E-state index contributed by atoms with van der Waals surface area (Å²) in [6, 6.07) is 14.9. The summed E-state index contributed by atoms with van der Waals surface area (Å²) in [6.07, 6.45) is 7.10. The van der Waals surface area contributed by atoms with E-state index in [9.17, 15) is 9.18 Å². The van der Waals surface area contributed by atoms with Gasteiger partial charge in [0.2, 0.25) is 0 Å². The quantitative estimate of drug-likeness (QED) is 0.288. The number of halogens is 1. The molecule has 1 fully saturated rings. The van der Waals surface area contributed by atoms with Crippen LogP contribution in [0.5, 0.6) is 0 Å². The van der Waals surface area contributed by atoms with Gasteiger partial charge in [0.15, 0.2) is 0 Å². The molecule has 5 rings (SSSR count). The lowest BCUT2D eigenvalue weighted by Gasteiger charge is -2.29. The lowest BCUT2D eigenvalue weighted by molar-refractivity contribution is 0.245. The van der Waals surface area contributed by atoms with Crippen molar-refractivity contribution in [3.63, 3.8) is 0 Å². The Kier molecular flexibility index (Phi) is 9.95. The largest absolute Gasteiger partial charge is 0.327 e. The van der Waals surface area contributed by atoms with E-state index in [0.717, 1.165) is 54.5 Å². The smallest absolute Gasteiger partial charge is 0.314 e. The molecule has 0 aliphatic carbocycles. The van der Waals surface area contributed by atoms with Gasteiger partial charge in [-0.1, -0.05) is 75.9 Å². The number of allylic oxidation sites excluding steroid dienone is 4. The molecule has 41 heavy (non-hydrogen) atoms. The summed E-state index contributed by atoms with van der Waals surface area (Å²) in [5, 5.41) is 2.95. The zero-order chi connectivity index (χ0) is 29.5. The lowest BCUT2D eigenvalue weighted by Crippen LogP contribution is -2.46. The molecule has 0 bridgehead atoms. The number of anilines is 1. The molecule has 1 saturated heterocycles. The maximum Gasteiger partial charge on any atom is 0.327 e. The van der Waals surface area contributed by atoms with Gasteiger partial charge in [-0.2, -0.15) is 0 Å². The van der Waals surface area contributed by atoms with E-state index in [-0.39, 0.29) is 11.9 Å².